The number of carboxylic acid groups (broad SMARTS) is 1. The number of nitrogens with one attached hydrogen (secondary N) is 1. The van der Waals surface area contributed by atoms with Gasteiger partial charge in [0.05, 0.1) is 0 Å². The zero-order chi connectivity index (χ0) is 15.7. The molecule has 0 aromatic carbocycles. The average Bonchev–Trinajstić information content (AvgIpc) is 2.91. The number of carbonyl (C=O) groups excluding carboxylic acids is 1. The summed E-state index contributed by atoms with van der Waals surface area (Å²) in [5.74, 6) is -1.38. The molecule has 1 aliphatic rings. The predicted molar refractivity (Wildman–Crippen MR) is 80.8 cm³/mol. The van der Waals surface area contributed by atoms with Crippen molar-refractivity contribution in [3.05, 3.63) is 35.8 Å². The van der Waals surface area contributed by atoms with Crippen LogP contribution in [0.3, 0.4) is 0 Å². The third-order valence-electron chi connectivity index (χ3n) is 4.32. The van der Waals surface area contributed by atoms with E-state index in [0.717, 1.165) is 24.8 Å². The monoisotopic (exact) mass is 301 g/mol. The first-order valence-corrected chi connectivity index (χ1v) is 7.51. The molecule has 6 nitrogen and oxygen atoms in total. The van der Waals surface area contributed by atoms with Gasteiger partial charge in [0.15, 0.2) is 0 Å². The molecule has 2 aromatic heterocycles. The molecular formula is C16H19N3O3. The zero-order valence-corrected chi connectivity index (χ0v) is 12.5. The molecule has 0 aliphatic heterocycles. The molecule has 0 saturated heterocycles. The summed E-state index contributed by atoms with van der Waals surface area (Å²) in [5.41, 5.74) is 0.829. The molecule has 2 heterocycles. The van der Waals surface area contributed by atoms with Crippen molar-refractivity contribution in [1.82, 2.24) is 14.7 Å². The highest BCUT2D eigenvalue weighted by atomic mass is 16.4. The molecule has 6 heteroatoms. The van der Waals surface area contributed by atoms with Gasteiger partial charge in [-0.1, -0.05) is 19.3 Å². The second-order valence-corrected chi connectivity index (χ2v) is 6.00. The van der Waals surface area contributed by atoms with Crippen LogP contribution in [-0.4, -0.2) is 31.9 Å². The minimum Gasteiger partial charge on any atom is -0.480 e. The Kier molecular flexibility index (Phi) is 3.60. The first kappa shape index (κ1) is 14.6. The Morgan fingerprint density at radius 3 is 2.73 bits per heavy atom. The van der Waals surface area contributed by atoms with Crippen LogP contribution in [0.2, 0.25) is 0 Å². The quantitative estimate of drug-likeness (QED) is 0.910. The highest BCUT2D eigenvalue weighted by molar-refractivity contribution is 5.96. The molecule has 0 atom stereocenters. The first-order chi connectivity index (χ1) is 10.5. The second-order valence-electron chi connectivity index (χ2n) is 6.00. The van der Waals surface area contributed by atoms with E-state index in [1.54, 1.807) is 10.6 Å². The Morgan fingerprint density at radius 1 is 1.32 bits per heavy atom. The number of carbonyl (C=O) groups is 2. The number of hydrogen-bond acceptors (Lipinski definition) is 3. The Hall–Kier alpha value is -2.37. The molecule has 0 spiro atoms. The molecule has 22 heavy (non-hydrogen) atoms. The molecule has 3 rings (SSSR count). The van der Waals surface area contributed by atoms with Crippen LogP contribution in [0.1, 0.15) is 48.2 Å². The van der Waals surface area contributed by atoms with Gasteiger partial charge in [0.2, 0.25) is 0 Å². The molecule has 1 amide bonds. The van der Waals surface area contributed by atoms with Crippen LogP contribution in [0.25, 0.3) is 5.65 Å². The fraction of sp³-hybridized carbons (Fsp3) is 0.438. The molecule has 1 fully saturated rings. The lowest BCUT2D eigenvalue weighted by molar-refractivity contribution is -0.145. The minimum absolute atomic E-state index is 0.247. The van der Waals surface area contributed by atoms with Gasteiger partial charge in [-0.2, -0.15) is 0 Å². The number of pyridine rings is 1. The van der Waals surface area contributed by atoms with Crippen LogP contribution in [0.15, 0.2) is 24.5 Å². The molecule has 0 radical (unpaired) electrons. The van der Waals surface area contributed by atoms with Crippen molar-refractivity contribution in [3.63, 3.8) is 0 Å². The SMILES string of the molecule is Cc1ccn2cc(C(=O)NC3(C(=O)O)CCCCC3)nc2c1. The Bertz CT molecular complexity index is 729. The van der Waals surface area contributed by atoms with E-state index < -0.39 is 17.4 Å². The van der Waals surface area contributed by atoms with Crippen molar-refractivity contribution in [2.24, 2.45) is 0 Å². The van der Waals surface area contributed by atoms with Gasteiger partial charge in [-0.15, -0.1) is 0 Å². The maximum Gasteiger partial charge on any atom is 0.329 e. The van der Waals surface area contributed by atoms with E-state index in [4.69, 9.17) is 0 Å². The van der Waals surface area contributed by atoms with Crippen molar-refractivity contribution in [2.75, 3.05) is 0 Å². The van der Waals surface area contributed by atoms with Crippen LogP contribution in [0, 0.1) is 6.92 Å². The molecule has 0 unspecified atom stereocenters. The lowest BCUT2D eigenvalue weighted by atomic mass is 9.81. The van der Waals surface area contributed by atoms with E-state index in [1.807, 2.05) is 25.3 Å². The number of hydrogen-bond donors (Lipinski definition) is 2. The first-order valence-electron chi connectivity index (χ1n) is 7.51. The number of imidazole rings is 1. The van der Waals surface area contributed by atoms with Crippen molar-refractivity contribution in [3.8, 4) is 0 Å². The van der Waals surface area contributed by atoms with Crippen molar-refractivity contribution in [2.45, 2.75) is 44.6 Å². The Labute approximate surface area is 128 Å². The Balaban J connectivity index is 1.86. The minimum atomic E-state index is -1.15. The predicted octanol–water partition coefficient (Wildman–Crippen LogP) is 2.16. The normalized spacial score (nSPS) is 17.3. The number of aryl methyl sites for hydroxylation is 1. The maximum atomic E-state index is 12.4. The molecule has 2 N–H and O–H groups in total. The van der Waals surface area contributed by atoms with Gasteiger partial charge >= 0.3 is 5.97 Å². The largest absolute Gasteiger partial charge is 0.480 e. The average molecular weight is 301 g/mol. The highest BCUT2D eigenvalue weighted by Crippen LogP contribution is 2.28. The molecule has 1 aliphatic carbocycles. The highest BCUT2D eigenvalue weighted by Gasteiger charge is 2.41. The van der Waals surface area contributed by atoms with Gasteiger partial charge in [-0.3, -0.25) is 4.79 Å². The van der Waals surface area contributed by atoms with Crippen molar-refractivity contribution >= 4 is 17.5 Å². The molecule has 116 valence electrons. The van der Waals surface area contributed by atoms with Gasteiger partial charge in [0.1, 0.15) is 16.9 Å². The number of aromatic nitrogens is 2. The van der Waals surface area contributed by atoms with Crippen LogP contribution >= 0.6 is 0 Å². The van der Waals surface area contributed by atoms with E-state index in [9.17, 15) is 14.7 Å². The third kappa shape index (κ3) is 2.56. The van der Waals surface area contributed by atoms with E-state index in [1.165, 1.54) is 0 Å². The molecule has 1 saturated carbocycles. The summed E-state index contributed by atoms with van der Waals surface area (Å²) in [4.78, 5) is 28.3. The topological polar surface area (TPSA) is 83.7 Å². The smallest absolute Gasteiger partial charge is 0.329 e. The molecule has 2 aromatic rings. The standard InChI is InChI=1S/C16H19N3O3/c1-11-5-8-19-10-12(17-13(19)9-11)14(20)18-16(15(21)22)6-3-2-4-7-16/h5,8-10H,2-4,6-7H2,1H3,(H,18,20)(H,21,22). The number of amides is 1. The van der Waals surface area contributed by atoms with Gasteiger partial charge in [-0.05, 0) is 37.5 Å². The number of carboxylic acids is 1. The maximum absolute atomic E-state index is 12.4. The number of fused-ring (bicyclic) bond motifs is 1. The molecular weight excluding hydrogens is 282 g/mol. The van der Waals surface area contributed by atoms with E-state index in [0.29, 0.717) is 18.5 Å². The fourth-order valence-corrected chi connectivity index (χ4v) is 3.02. The van der Waals surface area contributed by atoms with Crippen LogP contribution in [0.4, 0.5) is 0 Å². The number of aliphatic carboxylic acids is 1. The second kappa shape index (κ2) is 5.44. The summed E-state index contributed by atoms with van der Waals surface area (Å²) in [7, 11) is 0. The van der Waals surface area contributed by atoms with Crippen LogP contribution < -0.4 is 5.32 Å². The summed E-state index contributed by atoms with van der Waals surface area (Å²) in [6.45, 7) is 1.95. The van der Waals surface area contributed by atoms with Gasteiger partial charge < -0.3 is 14.8 Å². The van der Waals surface area contributed by atoms with E-state index >= 15 is 0 Å². The zero-order valence-electron chi connectivity index (χ0n) is 12.5. The number of nitrogens with zero attached hydrogens (tertiary/aromatic N) is 2. The van der Waals surface area contributed by atoms with Gasteiger partial charge in [0.25, 0.3) is 5.91 Å². The van der Waals surface area contributed by atoms with Crippen LogP contribution in [0.5, 0.6) is 0 Å². The third-order valence-corrected chi connectivity index (χ3v) is 4.32. The van der Waals surface area contributed by atoms with E-state index in [-0.39, 0.29) is 5.69 Å². The van der Waals surface area contributed by atoms with Crippen molar-refractivity contribution in [1.29, 1.82) is 0 Å². The summed E-state index contributed by atoms with van der Waals surface area (Å²) in [6, 6.07) is 3.81. The lowest BCUT2D eigenvalue weighted by Crippen LogP contribution is -2.55. The summed E-state index contributed by atoms with van der Waals surface area (Å²) >= 11 is 0. The van der Waals surface area contributed by atoms with E-state index in [2.05, 4.69) is 10.3 Å². The van der Waals surface area contributed by atoms with Gasteiger partial charge in [0, 0.05) is 12.4 Å². The van der Waals surface area contributed by atoms with Crippen molar-refractivity contribution < 1.29 is 14.7 Å². The summed E-state index contributed by atoms with van der Waals surface area (Å²) in [5, 5.41) is 12.2. The lowest BCUT2D eigenvalue weighted by Gasteiger charge is -2.33. The fourth-order valence-electron chi connectivity index (χ4n) is 3.02. The number of rotatable bonds is 3. The van der Waals surface area contributed by atoms with Crippen LogP contribution in [-0.2, 0) is 4.79 Å². The Morgan fingerprint density at radius 2 is 2.05 bits per heavy atom. The summed E-state index contributed by atoms with van der Waals surface area (Å²) in [6.07, 6.45) is 7.05. The van der Waals surface area contributed by atoms with Gasteiger partial charge in [-0.25, -0.2) is 9.78 Å². The molecule has 0 bridgehead atoms. The summed E-state index contributed by atoms with van der Waals surface area (Å²) < 4.78 is 1.76.